The van der Waals surface area contributed by atoms with Gasteiger partial charge in [-0.05, 0) is 17.7 Å². The second kappa shape index (κ2) is 8.75. The number of hydrogen-bond acceptors (Lipinski definition) is 5. The van der Waals surface area contributed by atoms with E-state index in [9.17, 15) is 9.59 Å². The highest BCUT2D eigenvalue weighted by atomic mass is 16.5. The minimum Gasteiger partial charge on any atom is -0.497 e. The largest absolute Gasteiger partial charge is 0.497 e. The van der Waals surface area contributed by atoms with E-state index in [1.54, 1.807) is 25.3 Å². The smallest absolute Gasteiger partial charge is 0.365 e. The van der Waals surface area contributed by atoms with E-state index in [2.05, 4.69) is 5.32 Å². The molecule has 1 aliphatic heterocycles. The lowest BCUT2D eigenvalue weighted by Gasteiger charge is -2.31. The van der Waals surface area contributed by atoms with Gasteiger partial charge in [0.1, 0.15) is 18.0 Å². The van der Waals surface area contributed by atoms with Crippen LogP contribution in [-0.4, -0.2) is 45.8 Å². The fourth-order valence-corrected chi connectivity index (χ4v) is 3.54. The number of amides is 1. The van der Waals surface area contributed by atoms with Crippen LogP contribution in [0, 0.1) is 0 Å². The third kappa shape index (κ3) is 4.26. The van der Waals surface area contributed by atoms with Crippen LogP contribution in [0.15, 0.2) is 42.5 Å². The molecule has 7 nitrogen and oxygen atoms in total. The summed E-state index contributed by atoms with van der Waals surface area (Å²) in [6.07, 6.45) is 0.553. The Morgan fingerprint density at radius 2 is 1.82 bits per heavy atom. The molecule has 3 rings (SSSR count). The molecule has 0 spiro atoms. The molecule has 0 fully saturated rings. The normalized spacial score (nSPS) is 18.0. The van der Waals surface area contributed by atoms with Crippen molar-refractivity contribution in [2.45, 2.75) is 19.0 Å². The molecule has 1 unspecified atom stereocenters. The van der Waals surface area contributed by atoms with Crippen molar-refractivity contribution < 1.29 is 28.7 Å². The summed E-state index contributed by atoms with van der Waals surface area (Å²) < 4.78 is 15.5. The molecule has 28 heavy (non-hydrogen) atoms. The molecule has 0 saturated carbocycles. The Hall–Kier alpha value is -3.06. The van der Waals surface area contributed by atoms with Gasteiger partial charge in [0.15, 0.2) is 12.6 Å². The summed E-state index contributed by atoms with van der Waals surface area (Å²) in [5, 5.41) is 2.87. The maximum atomic E-state index is 12.7. The van der Waals surface area contributed by atoms with Crippen molar-refractivity contribution in [3.63, 3.8) is 0 Å². The van der Waals surface area contributed by atoms with Gasteiger partial charge in [-0.25, -0.2) is 4.79 Å². The monoisotopic (exact) mass is 385 g/mol. The van der Waals surface area contributed by atoms with E-state index in [4.69, 9.17) is 14.2 Å². The molecule has 0 radical (unpaired) electrons. The molecule has 2 N–H and O–H groups in total. The number of benzene rings is 2. The predicted molar refractivity (Wildman–Crippen MR) is 104 cm³/mol. The summed E-state index contributed by atoms with van der Waals surface area (Å²) in [7, 11) is 4.48. The first kappa shape index (κ1) is 19.7. The van der Waals surface area contributed by atoms with E-state index in [1.807, 2.05) is 24.3 Å². The molecule has 2 atom stereocenters. The highest BCUT2D eigenvalue weighted by Gasteiger charge is 2.37. The zero-order valence-electron chi connectivity index (χ0n) is 16.3. The van der Waals surface area contributed by atoms with Crippen LogP contribution in [0.1, 0.15) is 11.1 Å². The lowest BCUT2D eigenvalue weighted by atomic mass is 9.94. The first-order chi connectivity index (χ1) is 13.5. The van der Waals surface area contributed by atoms with Gasteiger partial charge in [0, 0.05) is 18.1 Å². The molecular weight excluding hydrogens is 360 g/mol. The number of anilines is 1. The minimum absolute atomic E-state index is 0.142. The second-order valence-corrected chi connectivity index (χ2v) is 6.67. The Bertz CT molecular complexity index is 868. The summed E-state index contributed by atoms with van der Waals surface area (Å²) in [6, 6.07) is 12.8. The summed E-state index contributed by atoms with van der Waals surface area (Å²) in [6.45, 7) is 0.729. The number of hydrogen-bond donors (Lipinski definition) is 2. The number of nitrogens with one attached hydrogen (secondary N) is 2. The Morgan fingerprint density at radius 3 is 2.50 bits per heavy atom. The lowest BCUT2D eigenvalue weighted by molar-refractivity contribution is -0.924. The zero-order valence-corrected chi connectivity index (χ0v) is 16.3. The van der Waals surface area contributed by atoms with Crippen LogP contribution in [0.4, 0.5) is 5.69 Å². The van der Waals surface area contributed by atoms with E-state index >= 15 is 0 Å². The molecule has 0 saturated heterocycles. The number of methoxy groups -OCH3 is 3. The fourth-order valence-electron chi connectivity index (χ4n) is 3.54. The van der Waals surface area contributed by atoms with E-state index in [0.717, 1.165) is 16.0 Å². The molecule has 1 amide bonds. The van der Waals surface area contributed by atoms with Crippen molar-refractivity contribution >= 4 is 17.6 Å². The minimum atomic E-state index is -0.414. The van der Waals surface area contributed by atoms with E-state index in [-0.39, 0.29) is 18.4 Å². The number of rotatable bonds is 6. The molecule has 1 aliphatic rings. The Balaban J connectivity index is 1.75. The number of fused-ring (bicyclic) bond motifs is 1. The fraction of sp³-hybridized carbons (Fsp3) is 0.333. The molecule has 2 aromatic carbocycles. The van der Waals surface area contributed by atoms with Crippen LogP contribution in [0.2, 0.25) is 0 Å². The predicted octanol–water partition coefficient (Wildman–Crippen LogP) is 0.825. The van der Waals surface area contributed by atoms with Crippen molar-refractivity contribution in [2.24, 2.45) is 0 Å². The number of carbonyl (C=O) groups excluding carboxylic acids is 2. The standard InChI is InChI=1S/C21H24N2O5/c1-26-16-8-9-17(19(11-16)27-2)22-20(24)13-23-12-15-7-5-4-6-14(15)10-18(23)21(25)28-3/h4-9,11,18H,10,12-13H2,1-3H3,(H,22,24)/p+1/t18-/m0/s1. The van der Waals surface area contributed by atoms with E-state index in [1.165, 1.54) is 14.2 Å². The molecule has 0 aromatic heterocycles. The average molecular weight is 385 g/mol. The maximum Gasteiger partial charge on any atom is 0.365 e. The second-order valence-electron chi connectivity index (χ2n) is 6.67. The summed E-state index contributed by atoms with van der Waals surface area (Å²) >= 11 is 0. The third-order valence-electron chi connectivity index (χ3n) is 5.01. The Morgan fingerprint density at radius 1 is 1.07 bits per heavy atom. The van der Waals surface area contributed by atoms with Gasteiger partial charge in [-0.3, -0.25) is 4.79 Å². The van der Waals surface area contributed by atoms with E-state index < -0.39 is 6.04 Å². The molecule has 148 valence electrons. The number of quaternary nitrogens is 1. The highest BCUT2D eigenvalue weighted by Crippen LogP contribution is 2.28. The molecule has 7 heteroatoms. The molecular formula is C21H25N2O5+. The van der Waals surface area contributed by atoms with Gasteiger partial charge in [0.25, 0.3) is 5.91 Å². The highest BCUT2D eigenvalue weighted by molar-refractivity contribution is 5.93. The molecule has 2 aromatic rings. The summed E-state index contributed by atoms with van der Waals surface area (Å²) in [5.74, 6) is 0.640. The van der Waals surface area contributed by atoms with Crippen LogP contribution in [0.5, 0.6) is 11.5 Å². The number of esters is 1. The van der Waals surface area contributed by atoms with Gasteiger partial charge >= 0.3 is 5.97 Å². The third-order valence-corrected chi connectivity index (χ3v) is 5.01. The SMILES string of the molecule is COC(=O)[C@@H]1Cc2ccccc2C[NH+]1CC(=O)Nc1ccc(OC)cc1OC. The first-order valence-electron chi connectivity index (χ1n) is 9.06. The number of carbonyl (C=O) groups is 2. The van der Waals surface area contributed by atoms with Gasteiger partial charge in [-0.15, -0.1) is 0 Å². The first-order valence-corrected chi connectivity index (χ1v) is 9.06. The number of ether oxygens (including phenoxy) is 3. The Kier molecular flexibility index (Phi) is 6.16. The van der Waals surface area contributed by atoms with Crippen LogP contribution in [-0.2, 0) is 27.3 Å². The van der Waals surface area contributed by atoms with Gasteiger partial charge in [-0.2, -0.15) is 0 Å². The maximum absolute atomic E-state index is 12.7. The van der Waals surface area contributed by atoms with Crippen LogP contribution < -0.4 is 19.7 Å². The van der Waals surface area contributed by atoms with Gasteiger partial charge in [-0.1, -0.05) is 24.3 Å². The average Bonchev–Trinajstić information content (AvgIpc) is 2.72. The van der Waals surface area contributed by atoms with Crippen molar-refractivity contribution in [2.75, 3.05) is 33.2 Å². The van der Waals surface area contributed by atoms with Gasteiger partial charge < -0.3 is 24.4 Å². The van der Waals surface area contributed by atoms with Gasteiger partial charge in [0.2, 0.25) is 0 Å². The van der Waals surface area contributed by atoms with Gasteiger partial charge in [0.05, 0.1) is 27.0 Å². The molecule has 1 heterocycles. The summed E-state index contributed by atoms with van der Waals surface area (Å²) in [5.41, 5.74) is 2.83. The molecule has 0 aliphatic carbocycles. The quantitative estimate of drug-likeness (QED) is 0.720. The van der Waals surface area contributed by atoms with Crippen molar-refractivity contribution in [1.82, 2.24) is 0 Å². The summed E-state index contributed by atoms with van der Waals surface area (Å²) in [4.78, 5) is 25.8. The van der Waals surface area contributed by atoms with Crippen LogP contribution in [0.25, 0.3) is 0 Å². The lowest BCUT2D eigenvalue weighted by Crippen LogP contribution is -3.17. The van der Waals surface area contributed by atoms with Crippen LogP contribution >= 0.6 is 0 Å². The molecule has 0 bridgehead atoms. The van der Waals surface area contributed by atoms with Crippen molar-refractivity contribution in [1.29, 1.82) is 0 Å². The van der Waals surface area contributed by atoms with E-state index in [0.29, 0.717) is 30.2 Å². The zero-order chi connectivity index (χ0) is 20.1. The Labute approximate surface area is 164 Å². The van der Waals surface area contributed by atoms with Crippen molar-refractivity contribution in [3.8, 4) is 11.5 Å². The topological polar surface area (TPSA) is 78.3 Å². The van der Waals surface area contributed by atoms with Crippen LogP contribution in [0.3, 0.4) is 0 Å². The van der Waals surface area contributed by atoms with Crippen molar-refractivity contribution in [3.05, 3.63) is 53.6 Å².